The van der Waals surface area contributed by atoms with Gasteiger partial charge in [0.25, 0.3) is 0 Å². The topological polar surface area (TPSA) is 70.1 Å². The smallest absolute Gasteiger partial charge is 0.358 e. The number of nitrogens with two attached hydrogens (primary N) is 1. The van der Waals surface area contributed by atoms with E-state index in [2.05, 4.69) is 5.10 Å². The number of nitrogen functional groups attached to an aromatic ring is 1. The van der Waals surface area contributed by atoms with Crippen LogP contribution < -0.4 is 5.73 Å². The number of hydrogen-bond acceptors (Lipinski definition) is 4. The molecule has 5 nitrogen and oxygen atoms in total. The molecule has 0 atom stereocenters. The van der Waals surface area contributed by atoms with Gasteiger partial charge in [-0.1, -0.05) is 11.6 Å². The fourth-order valence-corrected chi connectivity index (χ4v) is 1.39. The lowest BCUT2D eigenvalue weighted by atomic mass is 10.3. The van der Waals surface area contributed by atoms with Gasteiger partial charge in [-0.2, -0.15) is 5.10 Å². The summed E-state index contributed by atoms with van der Waals surface area (Å²) in [6.07, 6.45) is 0. The molecule has 0 saturated carbocycles. The van der Waals surface area contributed by atoms with Crippen molar-refractivity contribution in [2.24, 2.45) is 0 Å². The van der Waals surface area contributed by atoms with Crippen LogP contribution in [0.4, 0.5) is 5.82 Å². The van der Waals surface area contributed by atoms with Crippen LogP contribution in [0, 0.1) is 0 Å². The average Bonchev–Trinajstić information content (AvgIpc) is 2.44. The van der Waals surface area contributed by atoms with E-state index in [0.29, 0.717) is 6.61 Å². The maximum absolute atomic E-state index is 11.6. The van der Waals surface area contributed by atoms with Gasteiger partial charge in [-0.25, -0.2) is 4.79 Å². The van der Waals surface area contributed by atoms with E-state index in [1.54, 1.807) is 6.92 Å². The van der Waals surface area contributed by atoms with Crippen LogP contribution in [0.15, 0.2) is 0 Å². The lowest BCUT2D eigenvalue weighted by Gasteiger charge is -2.09. The summed E-state index contributed by atoms with van der Waals surface area (Å²) in [5.41, 5.74) is 5.76. The van der Waals surface area contributed by atoms with Gasteiger partial charge in [-0.15, -0.1) is 0 Å². The molecular weight excluding hydrogens is 218 g/mol. The molecule has 0 aliphatic rings. The number of ether oxygens (including phenoxy) is 1. The minimum atomic E-state index is -0.500. The number of esters is 1. The Hall–Kier alpha value is -1.23. The van der Waals surface area contributed by atoms with E-state index in [1.807, 2.05) is 13.8 Å². The molecule has 2 N–H and O–H groups in total. The van der Waals surface area contributed by atoms with Crippen LogP contribution >= 0.6 is 11.6 Å². The molecule has 84 valence electrons. The van der Waals surface area contributed by atoms with Crippen molar-refractivity contribution in [1.82, 2.24) is 9.78 Å². The van der Waals surface area contributed by atoms with Crippen molar-refractivity contribution in [3.63, 3.8) is 0 Å². The summed E-state index contributed by atoms with van der Waals surface area (Å²) in [5, 5.41) is 4.13. The predicted octanol–water partition coefficient (Wildman–Crippen LogP) is 1.88. The molecule has 1 aromatic heterocycles. The van der Waals surface area contributed by atoms with E-state index in [9.17, 15) is 4.79 Å². The van der Waals surface area contributed by atoms with Gasteiger partial charge in [0.15, 0.2) is 11.5 Å². The number of nitrogens with zero attached hydrogens (tertiary/aromatic N) is 2. The molecule has 6 heteroatoms. The van der Waals surface area contributed by atoms with Crippen LogP contribution in [0.2, 0.25) is 5.02 Å². The Morgan fingerprint density at radius 3 is 2.73 bits per heavy atom. The highest BCUT2D eigenvalue weighted by Gasteiger charge is 2.23. The maximum atomic E-state index is 11.6. The SMILES string of the molecule is CCOC(=O)c1c(Cl)c(N)nn1C(C)C. The number of anilines is 1. The standard InChI is InChI=1S/C9H14ClN3O2/c1-4-15-9(14)7-6(10)8(11)12-13(7)5(2)3/h5H,4H2,1-3H3,(H2,11,12). The zero-order chi connectivity index (χ0) is 11.6. The summed E-state index contributed by atoms with van der Waals surface area (Å²) < 4.78 is 6.34. The molecule has 0 spiro atoms. The molecule has 1 aromatic rings. The van der Waals surface area contributed by atoms with Crippen molar-refractivity contribution >= 4 is 23.4 Å². The van der Waals surface area contributed by atoms with Gasteiger partial charge in [0.05, 0.1) is 6.61 Å². The summed E-state index contributed by atoms with van der Waals surface area (Å²) in [4.78, 5) is 11.6. The minimum Gasteiger partial charge on any atom is -0.461 e. The predicted molar refractivity (Wildman–Crippen MR) is 58.0 cm³/mol. The number of halogens is 1. The Kier molecular flexibility index (Phi) is 3.57. The zero-order valence-corrected chi connectivity index (χ0v) is 9.71. The van der Waals surface area contributed by atoms with Crippen molar-refractivity contribution in [1.29, 1.82) is 0 Å². The zero-order valence-electron chi connectivity index (χ0n) is 8.95. The fourth-order valence-electron chi connectivity index (χ4n) is 1.19. The third-order valence-electron chi connectivity index (χ3n) is 1.84. The highest BCUT2D eigenvalue weighted by atomic mass is 35.5. The van der Waals surface area contributed by atoms with Crippen molar-refractivity contribution < 1.29 is 9.53 Å². The molecule has 1 heterocycles. The molecule has 0 aliphatic carbocycles. The lowest BCUT2D eigenvalue weighted by Crippen LogP contribution is -2.15. The summed E-state index contributed by atoms with van der Waals surface area (Å²) in [6.45, 7) is 5.78. The summed E-state index contributed by atoms with van der Waals surface area (Å²) in [7, 11) is 0. The van der Waals surface area contributed by atoms with E-state index in [0.717, 1.165) is 0 Å². The number of carbonyl (C=O) groups is 1. The van der Waals surface area contributed by atoms with E-state index in [1.165, 1.54) is 4.68 Å². The Balaban J connectivity index is 3.19. The highest BCUT2D eigenvalue weighted by molar-refractivity contribution is 6.35. The van der Waals surface area contributed by atoms with Crippen LogP contribution in [0.3, 0.4) is 0 Å². The van der Waals surface area contributed by atoms with E-state index < -0.39 is 5.97 Å². The second-order valence-corrected chi connectivity index (χ2v) is 3.68. The fraction of sp³-hybridized carbons (Fsp3) is 0.556. The van der Waals surface area contributed by atoms with Crippen LogP contribution in [0.5, 0.6) is 0 Å². The Labute approximate surface area is 93.1 Å². The van der Waals surface area contributed by atoms with Crippen LogP contribution in [-0.2, 0) is 4.74 Å². The first-order chi connectivity index (χ1) is 6.99. The number of aromatic nitrogens is 2. The first-order valence-electron chi connectivity index (χ1n) is 4.69. The quantitative estimate of drug-likeness (QED) is 0.807. The number of hydrogen-bond donors (Lipinski definition) is 1. The second kappa shape index (κ2) is 4.53. The van der Waals surface area contributed by atoms with Crippen molar-refractivity contribution in [3.05, 3.63) is 10.7 Å². The molecule has 0 aromatic carbocycles. The van der Waals surface area contributed by atoms with Gasteiger partial charge in [-0.05, 0) is 20.8 Å². The normalized spacial score (nSPS) is 10.7. The van der Waals surface area contributed by atoms with Crippen molar-refractivity contribution in [3.8, 4) is 0 Å². The third kappa shape index (κ3) is 2.23. The van der Waals surface area contributed by atoms with Crippen LogP contribution in [0.25, 0.3) is 0 Å². The molecular formula is C9H14ClN3O2. The Morgan fingerprint density at radius 1 is 1.67 bits per heavy atom. The van der Waals surface area contributed by atoms with Gasteiger partial charge >= 0.3 is 5.97 Å². The molecule has 0 aliphatic heterocycles. The average molecular weight is 232 g/mol. The van der Waals surface area contributed by atoms with Crippen molar-refractivity contribution in [2.75, 3.05) is 12.3 Å². The van der Waals surface area contributed by atoms with Crippen LogP contribution in [0.1, 0.15) is 37.3 Å². The van der Waals surface area contributed by atoms with Crippen molar-refractivity contribution in [2.45, 2.75) is 26.8 Å². The highest BCUT2D eigenvalue weighted by Crippen LogP contribution is 2.25. The number of rotatable bonds is 3. The lowest BCUT2D eigenvalue weighted by molar-refractivity contribution is 0.0510. The molecule has 0 fully saturated rings. The summed E-state index contributed by atoms with van der Waals surface area (Å²) in [6, 6.07) is -0.000735. The number of carbonyl (C=O) groups excluding carboxylic acids is 1. The molecule has 0 amide bonds. The first kappa shape index (κ1) is 11.8. The van der Waals surface area contributed by atoms with Gasteiger partial charge < -0.3 is 10.5 Å². The monoisotopic (exact) mass is 231 g/mol. The van der Waals surface area contributed by atoms with Crippen LogP contribution in [-0.4, -0.2) is 22.4 Å². The second-order valence-electron chi connectivity index (χ2n) is 3.31. The Bertz CT molecular complexity index is 374. The maximum Gasteiger partial charge on any atom is 0.358 e. The largest absolute Gasteiger partial charge is 0.461 e. The molecule has 0 unspecified atom stereocenters. The van der Waals surface area contributed by atoms with Gasteiger partial charge in [0.1, 0.15) is 5.02 Å². The molecule has 0 radical (unpaired) electrons. The molecule has 0 saturated heterocycles. The van der Waals surface area contributed by atoms with Gasteiger partial charge in [0.2, 0.25) is 0 Å². The Morgan fingerprint density at radius 2 is 2.27 bits per heavy atom. The van der Waals surface area contributed by atoms with E-state index in [4.69, 9.17) is 22.1 Å². The molecule has 0 bridgehead atoms. The first-order valence-corrected chi connectivity index (χ1v) is 5.07. The van der Waals surface area contributed by atoms with Gasteiger partial charge in [0, 0.05) is 6.04 Å². The minimum absolute atomic E-state index is 0.000735. The van der Waals surface area contributed by atoms with E-state index >= 15 is 0 Å². The molecule has 1 rings (SSSR count). The summed E-state index contributed by atoms with van der Waals surface area (Å²) >= 11 is 5.88. The molecule has 15 heavy (non-hydrogen) atoms. The third-order valence-corrected chi connectivity index (χ3v) is 2.21. The van der Waals surface area contributed by atoms with E-state index in [-0.39, 0.29) is 22.6 Å². The summed E-state index contributed by atoms with van der Waals surface area (Å²) in [5.74, 6) is -0.353. The van der Waals surface area contributed by atoms with Gasteiger partial charge in [-0.3, -0.25) is 4.68 Å².